The van der Waals surface area contributed by atoms with Gasteiger partial charge in [0.1, 0.15) is 0 Å². The van der Waals surface area contributed by atoms with Crippen LogP contribution in [0.4, 0.5) is 0 Å². The van der Waals surface area contributed by atoms with E-state index < -0.39 is 5.54 Å². The quantitative estimate of drug-likeness (QED) is 0.884. The average molecular weight is 267 g/mol. The summed E-state index contributed by atoms with van der Waals surface area (Å²) in [5.74, 6) is 0.655. The SMILES string of the molecule is Cc1ccc(C(=O)NC2(CO)CCC(C)CC2)s1. The Hall–Kier alpha value is -0.870. The second kappa shape index (κ2) is 5.41. The van der Waals surface area contributed by atoms with Gasteiger partial charge < -0.3 is 10.4 Å². The van der Waals surface area contributed by atoms with Crippen molar-refractivity contribution in [3.63, 3.8) is 0 Å². The van der Waals surface area contributed by atoms with Gasteiger partial charge in [-0.3, -0.25) is 4.79 Å². The van der Waals surface area contributed by atoms with Gasteiger partial charge >= 0.3 is 0 Å². The summed E-state index contributed by atoms with van der Waals surface area (Å²) in [6.07, 6.45) is 3.90. The Morgan fingerprint density at radius 2 is 2.17 bits per heavy atom. The lowest BCUT2D eigenvalue weighted by atomic mass is 9.77. The Labute approximate surface area is 112 Å². The van der Waals surface area contributed by atoms with Crippen molar-refractivity contribution in [2.45, 2.75) is 45.1 Å². The van der Waals surface area contributed by atoms with Crippen LogP contribution >= 0.6 is 11.3 Å². The van der Waals surface area contributed by atoms with Gasteiger partial charge in [0.25, 0.3) is 5.91 Å². The third-order valence-electron chi connectivity index (χ3n) is 3.88. The Kier molecular flexibility index (Phi) is 4.07. The van der Waals surface area contributed by atoms with Crippen LogP contribution in [0.1, 0.15) is 47.2 Å². The van der Waals surface area contributed by atoms with Crippen molar-refractivity contribution < 1.29 is 9.90 Å². The topological polar surface area (TPSA) is 49.3 Å². The predicted molar refractivity (Wildman–Crippen MR) is 74.0 cm³/mol. The van der Waals surface area contributed by atoms with Crippen molar-refractivity contribution in [2.24, 2.45) is 5.92 Å². The number of nitrogens with one attached hydrogen (secondary N) is 1. The number of hydrogen-bond acceptors (Lipinski definition) is 3. The first-order chi connectivity index (χ1) is 8.54. The van der Waals surface area contributed by atoms with Crippen LogP contribution in [0.15, 0.2) is 12.1 Å². The normalized spacial score (nSPS) is 28.1. The van der Waals surface area contributed by atoms with E-state index in [1.54, 1.807) is 0 Å². The standard InChI is InChI=1S/C14H21NO2S/c1-10-5-7-14(9-16,8-6-10)15-13(17)12-4-3-11(2)18-12/h3-4,10,16H,5-9H2,1-2H3,(H,15,17). The maximum absolute atomic E-state index is 12.2. The Morgan fingerprint density at radius 3 is 2.67 bits per heavy atom. The molecule has 1 heterocycles. The van der Waals surface area contributed by atoms with Gasteiger partial charge in [0.2, 0.25) is 0 Å². The van der Waals surface area contributed by atoms with Crippen LogP contribution in [0, 0.1) is 12.8 Å². The Balaban J connectivity index is 2.04. The second-order valence-electron chi connectivity index (χ2n) is 5.49. The Bertz CT molecular complexity index is 419. The molecule has 0 atom stereocenters. The summed E-state index contributed by atoms with van der Waals surface area (Å²) in [6.45, 7) is 4.26. The summed E-state index contributed by atoms with van der Waals surface area (Å²) in [7, 11) is 0. The number of rotatable bonds is 3. The van der Waals surface area contributed by atoms with E-state index in [0.717, 1.165) is 35.4 Å². The van der Waals surface area contributed by atoms with E-state index in [-0.39, 0.29) is 12.5 Å². The van der Waals surface area contributed by atoms with E-state index in [4.69, 9.17) is 0 Å². The molecule has 1 aliphatic carbocycles. The van der Waals surface area contributed by atoms with Gasteiger partial charge in [0, 0.05) is 4.88 Å². The van der Waals surface area contributed by atoms with Crippen molar-refractivity contribution in [3.8, 4) is 0 Å². The number of aliphatic hydroxyl groups is 1. The maximum Gasteiger partial charge on any atom is 0.261 e. The number of amides is 1. The molecule has 2 N–H and O–H groups in total. The van der Waals surface area contributed by atoms with Gasteiger partial charge in [-0.15, -0.1) is 11.3 Å². The molecule has 0 radical (unpaired) electrons. The fourth-order valence-electron chi connectivity index (χ4n) is 2.50. The van der Waals surface area contributed by atoms with Crippen molar-refractivity contribution in [1.82, 2.24) is 5.32 Å². The highest BCUT2D eigenvalue weighted by molar-refractivity contribution is 7.13. The van der Waals surface area contributed by atoms with E-state index in [1.807, 2.05) is 19.1 Å². The molecule has 1 amide bonds. The summed E-state index contributed by atoms with van der Waals surface area (Å²) >= 11 is 1.50. The lowest BCUT2D eigenvalue weighted by molar-refractivity contribution is 0.0720. The molecule has 4 heteroatoms. The highest BCUT2D eigenvalue weighted by Crippen LogP contribution is 2.32. The lowest BCUT2D eigenvalue weighted by Gasteiger charge is -2.38. The van der Waals surface area contributed by atoms with Crippen LogP contribution in [0.3, 0.4) is 0 Å². The molecule has 1 fully saturated rings. The molecule has 0 aromatic carbocycles. The van der Waals surface area contributed by atoms with Crippen LogP contribution in [0.25, 0.3) is 0 Å². The first kappa shape index (κ1) is 13.6. The smallest absolute Gasteiger partial charge is 0.261 e. The van der Waals surface area contributed by atoms with Crippen molar-refractivity contribution >= 4 is 17.2 Å². The summed E-state index contributed by atoms with van der Waals surface area (Å²) in [5, 5.41) is 12.7. The molecule has 100 valence electrons. The maximum atomic E-state index is 12.2. The molecule has 2 rings (SSSR count). The van der Waals surface area contributed by atoms with Crippen molar-refractivity contribution in [3.05, 3.63) is 21.9 Å². The highest BCUT2D eigenvalue weighted by atomic mass is 32.1. The first-order valence-electron chi connectivity index (χ1n) is 6.54. The molecule has 1 saturated carbocycles. The predicted octanol–water partition coefficient (Wildman–Crippen LogP) is 2.73. The van der Waals surface area contributed by atoms with Crippen LogP contribution in [-0.2, 0) is 0 Å². The number of carbonyl (C=O) groups is 1. The number of aliphatic hydroxyl groups excluding tert-OH is 1. The third-order valence-corrected chi connectivity index (χ3v) is 4.88. The van der Waals surface area contributed by atoms with Crippen LogP contribution in [0.5, 0.6) is 0 Å². The molecule has 0 spiro atoms. The van der Waals surface area contributed by atoms with Gasteiger partial charge in [-0.1, -0.05) is 6.92 Å². The number of aryl methyl sites for hydroxylation is 1. The summed E-state index contributed by atoms with van der Waals surface area (Å²) in [6, 6.07) is 3.81. The minimum atomic E-state index is -0.401. The zero-order valence-corrected chi connectivity index (χ0v) is 11.8. The molecule has 18 heavy (non-hydrogen) atoms. The molecule has 3 nitrogen and oxygen atoms in total. The molecule has 1 aromatic heterocycles. The van der Waals surface area contributed by atoms with Gasteiger partial charge in [0.05, 0.1) is 17.0 Å². The molecular formula is C14H21NO2S. The number of thiophene rings is 1. The lowest BCUT2D eigenvalue weighted by Crippen LogP contribution is -2.53. The zero-order chi connectivity index (χ0) is 13.2. The van der Waals surface area contributed by atoms with Crippen LogP contribution in [0.2, 0.25) is 0 Å². The number of carbonyl (C=O) groups excluding carboxylic acids is 1. The minimum absolute atomic E-state index is 0.0375. The van der Waals surface area contributed by atoms with E-state index >= 15 is 0 Å². The van der Waals surface area contributed by atoms with E-state index in [0.29, 0.717) is 5.92 Å². The van der Waals surface area contributed by atoms with Crippen molar-refractivity contribution in [1.29, 1.82) is 0 Å². The van der Waals surface area contributed by atoms with Gasteiger partial charge in [-0.05, 0) is 50.7 Å². The molecule has 0 saturated heterocycles. The first-order valence-corrected chi connectivity index (χ1v) is 7.36. The van der Waals surface area contributed by atoms with Gasteiger partial charge in [-0.2, -0.15) is 0 Å². The fraction of sp³-hybridized carbons (Fsp3) is 0.643. The van der Waals surface area contributed by atoms with Crippen LogP contribution in [-0.4, -0.2) is 23.2 Å². The van der Waals surface area contributed by atoms with Gasteiger partial charge in [-0.25, -0.2) is 0 Å². The van der Waals surface area contributed by atoms with E-state index in [9.17, 15) is 9.90 Å². The minimum Gasteiger partial charge on any atom is -0.394 e. The molecule has 1 aromatic rings. The summed E-state index contributed by atoms with van der Waals surface area (Å²) in [5.41, 5.74) is -0.401. The third kappa shape index (κ3) is 2.93. The molecule has 0 bridgehead atoms. The largest absolute Gasteiger partial charge is 0.394 e. The van der Waals surface area contributed by atoms with E-state index in [2.05, 4.69) is 12.2 Å². The van der Waals surface area contributed by atoms with Crippen LogP contribution < -0.4 is 5.32 Å². The summed E-state index contributed by atoms with van der Waals surface area (Å²) < 4.78 is 0. The van der Waals surface area contributed by atoms with Gasteiger partial charge in [0.15, 0.2) is 0 Å². The molecular weight excluding hydrogens is 246 g/mol. The second-order valence-corrected chi connectivity index (χ2v) is 6.77. The Morgan fingerprint density at radius 1 is 1.50 bits per heavy atom. The van der Waals surface area contributed by atoms with Crippen molar-refractivity contribution in [2.75, 3.05) is 6.61 Å². The molecule has 0 unspecified atom stereocenters. The highest BCUT2D eigenvalue weighted by Gasteiger charge is 2.35. The zero-order valence-electron chi connectivity index (χ0n) is 11.0. The van der Waals surface area contributed by atoms with E-state index in [1.165, 1.54) is 11.3 Å². The molecule has 0 aliphatic heterocycles. The summed E-state index contributed by atoms with van der Waals surface area (Å²) in [4.78, 5) is 14.0. The molecule has 1 aliphatic rings. The fourth-order valence-corrected chi connectivity index (χ4v) is 3.26. The monoisotopic (exact) mass is 267 g/mol. The average Bonchev–Trinajstić information content (AvgIpc) is 2.79. The number of hydrogen-bond donors (Lipinski definition) is 2.